The van der Waals surface area contributed by atoms with E-state index in [4.69, 9.17) is 14.2 Å². The van der Waals surface area contributed by atoms with Gasteiger partial charge in [0.15, 0.2) is 6.10 Å². The van der Waals surface area contributed by atoms with Crippen molar-refractivity contribution in [3.63, 3.8) is 0 Å². The van der Waals surface area contributed by atoms with Crippen molar-refractivity contribution in [1.82, 2.24) is 0 Å². The van der Waals surface area contributed by atoms with Crippen molar-refractivity contribution in [3.8, 4) is 0 Å². The number of unbranched alkanes of at least 4 members (excludes halogenated alkanes) is 30. The minimum Gasteiger partial charge on any atom is -0.462 e. The number of ether oxygens (including phenoxy) is 3. The average Bonchev–Trinajstić information content (AvgIpc) is 3.18. The first-order chi connectivity index (χ1) is 26.9. The Kier molecular flexibility index (Phi) is 42.3. The van der Waals surface area contributed by atoms with Crippen LogP contribution in [0.3, 0.4) is 0 Å². The molecule has 0 aromatic carbocycles. The van der Waals surface area contributed by atoms with Crippen LogP contribution in [0.2, 0.25) is 0 Å². The Morgan fingerprint density at radius 2 is 0.636 bits per heavy atom. The predicted molar refractivity (Wildman–Crippen MR) is 233 cm³/mol. The number of carbonyl (C=O) groups is 3. The summed E-state index contributed by atoms with van der Waals surface area (Å²) in [5.41, 5.74) is 0. The van der Waals surface area contributed by atoms with Crippen LogP contribution in [0, 0.1) is 5.92 Å². The molecule has 0 aliphatic carbocycles. The highest BCUT2D eigenvalue weighted by Gasteiger charge is 2.19. The highest BCUT2D eigenvalue weighted by molar-refractivity contribution is 5.71. The number of carbonyl (C=O) groups excluding carboxylic acids is 3. The summed E-state index contributed by atoms with van der Waals surface area (Å²) in [6.07, 6.45) is 43.6. The van der Waals surface area contributed by atoms with Crippen LogP contribution in [0.5, 0.6) is 0 Å². The van der Waals surface area contributed by atoms with Gasteiger partial charge in [0.05, 0.1) is 0 Å². The Labute approximate surface area is 342 Å². The van der Waals surface area contributed by atoms with Crippen molar-refractivity contribution in [1.29, 1.82) is 0 Å². The van der Waals surface area contributed by atoms with Crippen LogP contribution < -0.4 is 0 Å². The number of hydrogen-bond acceptors (Lipinski definition) is 6. The molecule has 0 fully saturated rings. The summed E-state index contributed by atoms with van der Waals surface area (Å²) in [6, 6.07) is 0. The van der Waals surface area contributed by atoms with Crippen LogP contribution in [-0.2, 0) is 28.6 Å². The molecule has 1 unspecified atom stereocenters. The maximum Gasteiger partial charge on any atom is 0.306 e. The first-order valence-electron chi connectivity index (χ1n) is 24.4. The van der Waals surface area contributed by atoms with E-state index in [1.54, 1.807) is 0 Å². The minimum absolute atomic E-state index is 0.0634. The van der Waals surface area contributed by atoms with Crippen LogP contribution in [0.25, 0.3) is 0 Å². The first kappa shape index (κ1) is 53.4. The fourth-order valence-corrected chi connectivity index (χ4v) is 7.30. The van der Waals surface area contributed by atoms with Gasteiger partial charge in [-0.25, -0.2) is 0 Å². The Balaban J connectivity index is 4.34. The monoisotopic (exact) mass is 779 g/mol. The lowest BCUT2D eigenvalue weighted by Crippen LogP contribution is -2.30. The number of hydrogen-bond donors (Lipinski definition) is 0. The zero-order valence-electron chi connectivity index (χ0n) is 37.4. The van der Waals surface area contributed by atoms with Gasteiger partial charge in [-0.1, -0.05) is 233 Å². The van der Waals surface area contributed by atoms with Crippen molar-refractivity contribution >= 4 is 17.9 Å². The summed E-state index contributed by atoms with van der Waals surface area (Å²) < 4.78 is 16.8. The average molecular weight is 779 g/mol. The quantitative estimate of drug-likeness (QED) is 0.0348. The van der Waals surface area contributed by atoms with E-state index in [-0.39, 0.29) is 31.1 Å². The predicted octanol–water partition coefficient (Wildman–Crippen LogP) is 15.5. The molecule has 0 spiro atoms. The fraction of sp³-hybridized carbons (Fsp3) is 0.939. The molecule has 55 heavy (non-hydrogen) atoms. The molecule has 2 atom stereocenters. The summed E-state index contributed by atoms with van der Waals surface area (Å²) in [7, 11) is 0. The van der Waals surface area contributed by atoms with Crippen molar-refractivity contribution in [2.24, 2.45) is 5.92 Å². The standard InChI is InChI=1S/C49H94O6/c1-5-8-10-12-14-16-18-20-22-24-30-34-38-42-49(52)55-46(43-53-47(50)40-36-32-28-23-21-19-17-15-13-11-9-6-2)44-54-48(51)41-37-33-29-26-25-27-31-35-39-45(4)7-3/h45-46H,5-44H2,1-4H3/t45?,46-/m1/s1. The molecule has 0 aliphatic rings. The fourth-order valence-electron chi connectivity index (χ4n) is 7.30. The molecular weight excluding hydrogens is 685 g/mol. The van der Waals surface area contributed by atoms with Gasteiger partial charge in [0.25, 0.3) is 0 Å². The van der Waals surface area contributed by atoms with Crippen LogP contribution >= 0.6 is 0 Å². The summed E-state index contributed by atoms with van der Waals surface area (Å²) in [5.74, 6) is -0.00201. The Morgan fingerprint density at radius 3 is 0.945 bits per heavy atom. The van der Waals surface area contributed by atoms with Crippen LogP contribution in [0.15, 0.2) is 0 Å². The second-order valence-electron chi connectivity index (χ2n) is 17.0. The summed E-state index contributed by atoms with van der Waals surface area (Å²) in [5, 5.41) is 0. The highest BCUT2D eigenvalue weighted by atomic mass is 16.6. The summed E-state index contributed by atoms with van der Waals surface area (Å²) in [4.78, 5) is 37.8. The zero-order valence-corrected chi connectivity index (χ0v) is 37.4. The van der Waals surface area contributed by atoms with Gasteiger partial charge in [-0.15, -0.1) is 0 Å². The Bertz CT molecular complexity index is 828. The van der Waals surface area contributed by atoms with Gasteiger partial charge in [-0.2, -0.15) is 0 Å². The van der Waals surface area contributed by atoms with Gasteiger partial charge in [0.1, 0.15) is 13.2 Å². The SMILES string of the molecule is CCCCCCCCCCCCCCCC(=O)O[C@H](COC(=O)CCCCCCCCCCCCCC)COC(=O)CCCCCCCCCCC(C)CC. The molecule has 0 heterocycles. The summed E-state index contributed by atoms with van der Waals surface area (Å²) >= 11 is 0. The lowest BCUT2D eigenvalue weighted by atomic mass is 9.99. The molecule has 326 valence electrons. The molecule has 6 heteroatoms. The molecule has 0 saturated heterocycles. The van der Waals surface area contributed by atoms with Gasteiger partial charge in [0, 0.05) is 19.3 Å². The van der Waals surface area contributed by atoms with Crippen molar-refractivity contribution < 1.29 is 28.6 Å². The van der Waals surface area contributed by atoms with Gasteiger partial charge in [0.2, 0.25) is 0 Å². The molecule has 0 radical (unpaired) electrons. The van der Waals surface area contributed by atoms with Gasteiger partial charge >= 0.3 is 17.9 Å². The third kappa shape index (κ3) is 41.9. The van der Waals surface area contributed by atoms with E-state index < -0.39 is 6.10 Å². The Morgan fingerprint density at radius 1 is 0.364 bits per heavy atom. The van der Waals surface area contributed by atoms with Gasteiger partial charge in [-0.3, -0.25) is 14.4 Å². The van der Waals surface area contributed by atoms with Crippen LogP contribution in [-0.4, -0.2) is 37.2 Å². The van der Waals surface area contributed by atoms with E-state index in [2.05, 4.69) is 27.7 Å². The molecule has 0 N–H and O–H groups in total. The van der Waals surface area contributed by atoms with Crippen LogP contribution in [0.1, 0.15) is 272 Å². The molecule has 0 saturated carbocycles. The molecule has 6 nitrogen and oxygen atoms in total. The molecule has 0 aromatic rings. The lowest BCUT2D eigenvalue weighted by molar-refractivity contribution is -0.167. The minimum atomic E-state index is -0.760. The molecule has 0 bridgehead atoms. The summed E-state index contributed by atoms with van der Waals surface area (Å²) in [6.45, 7) is 9.01. The Hall–Kier alpha value is -1.59. The van der Waals surface area contributed by atoms with Crippen molar-refractivity contribution in [3.05, 3.63) is 0 Å². The van der Waals surface area contributed by atoms with E-state index >= 15 is 0 Å². The smallest absolute Gasteiger partial charge is 0.306 e. The van der Waals surface area contributed by atoms with E-state index in [9.17, 15) is 14.4 Å². The maximum absolute atomic E-state index is 12.7. The number of esters is 3. The second kappa shape index (κ2) is 43.5. The first-order valence-corrected chi connectivity index (χ1v) is 24.4. The lowest BCUT2D eigenvalue weighted by Gasteiger charge is -2.18. The molecule has 0 aromatic heterocycles. The largest absolute Gasteiger partial charge is 0.462 e. The van der Waals surface area contributed by atoms with Crippen molar-refractivity contribution in [2.45, 2.75) is 278 Å². The maximum atomic E-state index is 12.7. The zero-order chi connectivity index (χ0) is 40.3. The molecular formula is C49H94O6. The van der Waals surface area contributed by atoms with E-state index in [1.165, 1.54) is 167 Å². The van der Waals surface area contributed by atoms with Gasteiger partial charge < -0.3 is 14.2 Å². The molecule has 0 amide bonds. The van der Waals surface area contributed by atoms with Gasteiger partial charge in [-0.05, 0) is 25.2 Å². The second-order valence-corrected chi connectivity index (χ2v) is 17.0. The van der Waals surface area contributed by atoms with E-state index in [0.717, 1.165) is 63.7 Å². The topological polar surface area (TPSA) is 78.9 Å². The third-order valence-electron chi connectivity index (χ3n) is 11.4. The highest BCUT2D eigenvalue weighted by Crippen LogP contribution is 2.17. The molecule has 0 rings (SSSR count). The van der Waals surface area contributed by atoms with Crippen LogP contribution in [0.4, 0.5) is 0 Å². The van der Waals surface area contributed by atoms with E-state index in [1.807, 2.05) is 0 Å². The molecule has 0 aliphatic heterocycles. The van der Waals surface area contributed by atoms with E-state index in [0.29, 0.717) is 19.3 Å². The third-order valence-corrected chi connectivity index (χ3v) is 11.4. The van der Waals surface area contributed by atoms with Crippen molar-refractivity contribution in [2.75, 3.05) is 13.2 Å². The normalized spacial score (nSPS) is 12.4. The number of rotatable bonds is 44.